The van der Waals surface area contributed by atoms with Crippen molar-refractivity contribution in [2.45, 2.75) is 55.7 Å². The van der Waals surface area contributed by atoms with E-state index < -0.39 is 46.4 Å². The molecule has 0 aromatic heterocycles. The number of halogens is 6. The number of nitrogens with one attached hydrogen (secondary N) is 1. The lowest BCUT2D eigenvalue weighted by Gasteiger charge is -2.55. The normalized spacial score (nSPS) is 22.2. The summed E-state index contributed by atoms with van der Waals surface area (Å²) in [5.41, 5.74) is 2.74. The maximum atomic E-state index is 13.4. The molecule has 4 nitrogen and oxygen atoms in total. The predicted octanol–water partition coefficient (Wildman–Crippen LogP) is 6.55. The topological polar surface area (TPSA) is 64.3 Å². The quantitative estimate of drug-likeness (QED) is 0.297. The van der Waals surface area contributed by atoms with Crippen LogP contribution in [0.2, 0.25) is 0 Å². The molecule has 0 unspecified atom stereocenters. The molecule has 0 bridgehead atoms. The van der Waals surface area contributed by atoms with E-state index in [4.69, 9.17) is 10.5 Å². The van der Waals surface area contributed by atoms with Crippen LogP contribution in [0.15, 0.2) is 78.9 Å². The van der Waals surface area contributed by atoms with E-state index in [1.54, 1.807) is 0 Å². The molecule has 39 heavy (non-hydrogen) atoms. The first-order chi connectivity index (χ1) is 18.2. The van der Waals surface area contributed by atoms with Crippen molar-refractivity contribution in [1.29, 1.82) is 0 Å². The highest BCUT2D eigenvalue weighted by atomic mass is 19.4. The second-order valence-corrected chi connectivity index (χ2v) is 10.1. The molecule has 1 atom stereocenters. The van der Waals surface area contributed by atoms with Gasteiger partial charge >= 0.3 is 12.4 Å². The Labute approximate surface area is 222 Å². The summed E-state index contributed by atoms with van der Waals surface area (Å²) in [6.07, 6.45) is -10.5. The van der Waals surface area contributed by atoms with Crippen LogP contribution >= 0.6 is 0 Å². The zero-order valence-electron chi connectivity index (χ0n) is 21.1. The Bertz CT molecular complexity index is 1250. The summed E-state index contributed by atoms with van der Waals surface area (Å²) < 4.78 is 86.1. The van der Waals surface area contributed by atoms with Crippen molar-refractivity contribution in [3.8, 4) is 0 Å². The highest BCUT2D eigenvalue weighted by molar-refractivity contribution is 5.87. The number of amides is 1. The molecule has 1 amide bonds. The number of nitrogens with two attached hydrogens (primary N) is 1. The molecule has 1 fully saturated rings. The number of primary amides is 1. The van der Waals surface area contributed by atoms with Crippen molar-refractivity contribution >= 4 is 5.91 Å². The number of ether oxygens (including phenoxy) is 1. The minimum Gasteiger partial charge on any atom is -0.373 e. The minimum atomic E-state index is -4.96. The number of hydrogen-bond acceptors (Lipinski definition) is 3. The van der Waals surface area contributed by atoms with Crippen molar-refractivity contribution in [2.24, 2.45) is 5.73 Å². The van der Waals surface area contributed by atoms with E-state index in [0.29, 0.717) is 18.7 Å². The Hall–Kier alpha value is -3.37. The number of rotatable bonds is 9. The lowest BCUT2D eigenvalue weighted by molar-refractivity contribution is -0.143. The van der Waals surface area contributed by atoms with Crippen LogP contribution in [-0.2, 0) is 33.8 Å². The van der Waals surface area contributed by atoms with Crippen molar-refractivity contribution in [3.05, 3.63) is 107 Å². The summed E-state index contributed by atoms with van der Waals surface area (Å²) in [4.78, 5) is 12.6. The molecule has 3 aromatic rings. The van der Waals surface area contributed by atoms with Crippen molar-refractivity contribution < 1.29 is 35.9 Å². The zero-order valence-corrected chi connectivity index (χ0v) is 21.1. The largest absolute Gasteiger partial charge is 0.416 e. The van der Waals surface area contributed by atoms with E-state index in [-0.39, 0.29) is 31.1 Å². The number of alkyl halides is 6. The molecule has 0 heterocycles. The van der Waals surface area contributed by atoms with Gasteiger partial charge in [0.1, 0.15) is 0 Å². The van der Waals surface area contributed by atoms with Crippen LogP contribution in [-0.4, -0.2) is 18.1 Å². The molecule has 3 N–H and O–H groups in total. The SMILES string of the molecule is C[C@@H](OCC1(c2ccccc2)CC(NCc2ccccc2)(C(N)=O)C1)c1cc(C(F)(F)F)cc(C(F)(F)F)c1. The smallest absolute Gasteiger partial charge is 0.373 e. The third kappa shape index (κ3) is 6.28. The van der Waals surface area contributed by atoms with Crippen LogP contribution in [0.5, 0.6) is 0 Å². The van der Waals surface area contributed by atoms with E-state index in [1.165, 1.54) is 6.92 Å². The van der Waals surface area contributed by atoms with Crippen LogP contribution in [0, 0.1) is 0 Å². The van der Waals surface area contributed by atoms with Gasteiger partial charge in [-0.3, -0.25) is 10.1 Å². The van der Waals surface area contributed by atoms with Gasteiger partial charge in [-0.05, 0) is 54.7 Å². The predicted molar refractivity (Wildman–Crippen MR) is 133 cm³/mol. The van der Waals surface area contributed by atoms with Gasteiger partial charge in [-0.2, -0.15) is 26.3 Å². The van der Waals surface area contributed by atoms with Crippen LogP contribution in [0.1, 0.15) is 53.7 Å². The number of carbonyl (C=O) groups is 1. The Morgan fingerprint density at radius 3 is 1.90 bits per heavy atom. The lowest BCUT2D eigenvalue weighted by Crippen LogP contribution is -2.69. The van der Waals surface area contributed by atoms with E-state index >= 15 is 0 Å². The van der Waals surface area contributed by atoms with Crippen LogP contribution < -0.4 is 11.1 Å². The van der Waals surface area contributed by atoms with Gasteiger partial charge in [0, 0.05) is 12.0 Å². The van der Waals surface area contributed by atoms with Gasteiger partial charge in [-0.25, -0.2) is 0 Å². The maximum Gasteiger partial charge on any atom is 0.416 e. The highest BCUT2D eigenvalue weighted by Crippen LogP contribution is 2.51. The van der Waals surface area contributed by atoms with Crippen molar-refractivity contribution in [3.63, 3.8) is 0 Å². The van der Waals surface area contributed by atoms with Crippen LogP contribution in [0.25, 0.3) is 0 Å². The van der Waals surface area contributed by atoms with Gasteiger partial charge < -0.3 is 10.5 Å². The summed E-state index contributed by atoms with van der Waals surface area (Å²) in [6, 6.07) is 20.0. The number of carbonyl (C=O) groups excluding carboxylic acids is 1. The molecule has 1 aliphatic carbocycles. The standard InChI is InChI=1S/C29H28F6N2O2/c1-19(21-12-23(28(30,31)32)14-24(13-21)29(33,34)35)39-18-26(22-10-6-3-7-11-22)16-27(17-26,25(36)38)37-15-20-8-4-2-5-9-20/h2-14,19,37H,15-18H2,1H3,(H2,36,38)/t19-,26?,27?/m1/s1. The van der Waals surface area contributed by atoms with Gasteiger partial charge in [0.25, 0.3) is 0 Å². The molecular weight excluding hydrogens is 522 g/mol. The lowest BCUT2D eigenvalue weighted by atomic mass is 9.54. The average molecular weight is 551 g/mol. The molecule has 208 valence electrons. The summed E-state index contributed by atoms with van der Waals surface area (Å²) >= 11 is 0. The molecule has 0 spiro atoms. The first-order valence-electron chi connectivity index (χ1n) is 12.3. The highest BCUT2D eigenvalue weighted by Gasteiger charge is 2.59. The number of benzene rings is 3. The van der Waals surface area contributed by atoms with E-state index in [9.17, 15) is 31.1 Å². The van der Waals surface area contributed by atoms with Crippen molar-refractivity contribution in [1.82, 2.24) is 5.32 Å². The van der Waals surface area contributed by atoms with E-state index in [0.717, 1.165) is 11.1 Å². The Morgan fingerprint density at radius 2 is 1.41 bits per heavy atom. The van der Waals surface area contributed by atoms with Gasteiger partial charge in [-0.15, -0.1) is 0 Å². The molecule has 0 aliphatic heterocycles. The van der Waals surface area contributed by atoms with Gasteiger partial charge in [0.15, 0.2) is 0 Å². The fraction of sp³-hybridized carbons (Fsp3) is 0.345. The second kappa shape index (κ2) is 10.7. The molecule has 4 rings (SSSR count). The van der Waals surface area contributed by atoms with E-state index in [2.05, 4.69) is 5.32 Å². The average Bonchev–Trinajstić information content (AvgIpc) is 2.87. The minimum absolute atomic E-state index is 0.0438. The molecule has 10 heteroatoms. The van der Waals surface area contributed by atoms with Gasteiger partial charge in [0.05, 0.1) is 29.4 Å². The molecule has 0 saturated heterocycles. The molecule has 3 aromatic carbocycles. The van der Waals surface area contributed by atoms with Gasteiger partial charge in [-0.1, -0.05) is 60.7 Å². The first kappa shape index (κ1) is 28.6. The summed E-state index contributed by atoms with van der Waals surface area (Å²) in [5.74, 6) is -0.550. The first-order valence-corrected chi connectivity index (χ1v) is 12.3. The molecule has 0 radical (unpaired) electrons. The van der Waals surface area contributed by atoms with Crippen LogP contribution in [0.4, 0.5) is 26.3 Å². The summed E-state index contributed by atoms with van der Waals surface area (Å²) in [7, 11) is 0. The Morgan fingerprint density at radius 1 is 0.897 bits per heavy atom. The maximum absolute atomic E-state index is 13.4. The molecular formula is C29H28F6N2O2. The zero-order chi connectivity index (χ0) is 28.5. The summed E-state index contributed by atoms with van der Waals surface area (Å²) in [5, 5.41) is 3.26. The van der Waals surface area contributed by atoms with E-state index in [1.807, 2.05) is 60.7 Å². The fourth-order valence-corrected chi connectivity index (χ4v) is 5.13. The fourth-order valence-electron chi connectivity index (χ4n) is 5.13. The summed E-state index contributed by atoms with van der Waals surface area (Å²) in [6.45, 7) is 1.75. The van der Waals surface area contributed by atoms with Crippen molar-refractivity contribution in [2.75, 3.05) is 6.61 Å². The third-order valence-corrected chi connectivity index (χ3v) is 7.30. The van der Waals surface area contributed by atoms with Gasteiger partial charge in [0.2, 0.25) is 5.91 Å². The second-order valence-electron chi connectivity index (χ2n) is 10.1. The third-order valence-electron chi connectivity index (χ3n) is 7.30. The Kier molecular flexibility index (Phi) is 7.82. The molecule has 1 aliphatic rings. The Balaban J connectivity index is 1.58. The van der Waals surface area contributed by atoms with Crippen LogP contribution in [0.3, 0.4) is 0 Å². The monoisotopic (exact) mass is 550 g/mol. The molecule has 1 saturated carbocycles. The number of hydrogen-bond donors (Lipinski definition) is 2.